The lowest BCUT2D eigenvalue weighted by Crippen LogP contribution is -2.43. The van der Waals surface area contributed by atoms with Crippen LogP contribution in [-0.2, 0) is 14.8 Å². The molecular weight excluding hydrogens is 330 g/mol. The first kappa shape index (κ1) is 18.9. The molecule has 1 heterocycles. The first-order valence-electron chi connectivity index (χ1n) is 8.52. The van der Waals surface area contributed by atoms with E-state index in [0.29, 0.717) is 12.2 Å². The van der Waals surface area contributed by atoms with Gasteiger partial charge in [-0.1, -0.05) is 30.8 Å². The molecule has 0 saturated heterocycles. The Morgan fingerprint density at radius 2 is 1.88 bits per heavy atom. The van der Waals surface area contributed by atoms with E-state index in [1.54, 1.807) is 25.7 Å². The Morgan fingerprint density at radius 1 is 1.25 bits per heavy atom. The summed E-state index contributed by atoms with van der Waals surface area (Å²) in [4.78, 5) is 13.9. The maximum atomic E-state index is 12.4. The Labute approximate surface area is 143 Å². The van der Waals surface area contributed by atoms with E-state index in [9.17, 15) is 13.2 Å². The minimum Gasteiger partial charge on any atom is -0.360 e. The van der Waals surface area contributed by atoms with E-state index in [1.807, 2.05) is 0 Å². The second-order valence-corrected chi connectivity index (χ2v) is 8.11. The molecule has 1 amide bonds. The number of hydrogen-bond donors (Lipinski definition) is 1. The van der Waals surface area contributed by atoms with Crippen LogP contribution in [0, 0.1) is 13.8 Å². The fraction of sp³-hybridized carbons (Fsp3) is 0.750. The summed E-state index contributed by atoms with van der Waals surface area (Å²) in [6.07, 6.45) is 6.66. The summed E-state index contributed by atoms with van der Waals surface area (Å²) in [5.74, 6) is 0.269. The van der Waals surface area contributed by atoms with E-state index < -0.39 is 10.0 Å². The molecule has 24 heavy (non-hydrogen) atoms. The number of sulfonamides is 1. The summed E-state index contributed by atoms with van der Waals surface area (Å²) < 4.78 is 32.3. The van der Waals surface area contributed by atoms with E-state index in [2.05, 4.69) is 9.88 Å². The van der Waals surface area contributed by atoms with Crippen LogP contribution in [0.15, 0.2) is 9.42 Å². The van der Waals surface area contributed by atoms with Gasteiger partial charge < -0.3 is 9.42 Å². The van der Waals surface area contributed by atoms with Gasteiger partial charge in [0.25, 0.3) is 0 Å². The van der Waals surface area contributed by atoms with Crippen LogP contribution in [0.4, 0.5) is 0 Å². The van der Waals surface area contributed by atoms with E-state index in [-0.39, 0.29) is 29.1 Å². The third kappa shape index (κ3) is 4.57. The maximum Gasteiger partial charge on any atom is 0.246 e. The predicted octanol–water partition coefficient (Wildman–Crippen LogP) is 2.14. The number of aryl methyl sites for hydroxylation is 2. The predicted molar refractivity (Wildman–Crippen MR) is 90.0 cm³/mol. The summed E-state index contributed by atoms with van der Waals surface area (Å²) in [6.45, 7) is 5.28. The number of aromatic nitrogens is 1. The first-order valence-corrected chi connectivity index (χ1v) is 10.0. The number of nitrogens with one attached hydrogen (secondary N) is 1. The zero-order valence-electron chi connectivity index (χ0n) is 14.7. The Kier molecular flexibility index (Phi) is 6.40. The molecule has 0 bridgehead atoms. The first-order chi connectivity index (χ1) is 11.3. The molecule has 1 aliphatic rings. The van der Waals surface area contributed by atoms with Crippen LogP contribution < -0.4 is 4.72 Å². The van der Waals surface area contributed by atoms with Crippen molar-refractivity contribution in [1.82, 2.24) is 14.8 Å². The van der Waals surface area contributed by atoms with Crippen molar-refractivity contribution < 1.29 is 17.7 Å². The molecule has 1 saturated carbocycles. The molecule has 0 radical (unpaired) electrons. The third-order valence-electron chi connectivity index (χ3n) is 4.55. The molecule has 0 spiro atoms. The normalized spacial score (nSPS) is 16.8. The highest BCUT2D eigenvalue weighted by molar-refractivity contribution is 7.89. The molecule has 1 N–H and O–H groups in total. The fourth-order valence-corrected chi connectivity index (χ4v) is 4.74. The molecule has 136 valence electrons. The Hall–Kier alpha value is -1.41. The van der Waals surface area contributed by atoms with Crippen LogP contribution in [0.2, 0.25) is 0 Å². The van der Waals surface area contributed by atoms with Gasteiger partial charge in [-0.2, -0.15) is 0 Å². The number of amides is 1. The van der Waals surface area contributed by atoms with E-state index in [0.717, 1.165) is 25.7 Å². The second kappa shape index (κ2) is 8.11. The van der Waals surface area contributed by atoms with Gasteiger partial charge in [0.1, 0.15) is 10.6 Å². The van der Waals surface area contributed by atoms with Crippen molar-refractivity contribution in [2.45, 2.75) is 70.2 Å². The summed E-state index contributed by atoms with van der Waals surface area (Å²) in [5.41, 5.74) is 0.340. The second-order valence-electron chi connectivity index (χ2n) is 6.41. The van der Waals surface area contributed by atoms with E-state index in [1.165, 1.54) is 12.8 Å². The molecule has 1 fully saturated rings. The van der Waals surface area contributed by atoms with Gasteiger partial charge >= 0.3 is 0 Å². The zero-order chi connectivity index (χ0) is 17.7. The molecular formula is C16H27N3O4S. The Morgan fingerprint density at radius 3 is 2.38 bits per heavy atom. The number of carbonyl (C=O) groups excluding carboxylic acids is 1. The maximum absolute atomic E-state index is 12.4. The number of rotatable bonds is 6. The fourth-order valence-electron chi connectivity index (χ4n) is 3.40. The average molecular weight is 357 g/mol. The van der Waals surface area contributed by atoms with Crippen LogP contribution in [-0.4, -0.2) is 43.5 Å². The van der Waals surface area contributed by atoms with Crippen LogP contribution in [0.25, 0.3) is 0 Å². The molecule has 8 heteroatoms. The van der Waals surface area contributed by atoms with Crippen LogP contribution in [0.5, 0.6) is 0 Å². The van der Waals surface area contributed by atoms with Crippen molar-refractivity contribution in [3.8, 4) is 0 Å². The van der Waals surface area contributed by atoms with E-state index in [4.69, 9.17) is 4.52 Å². The molecule has 0 aromatic carbocycles. The molecule has 0 unspecified atom stereocenters. The largest absolute Gasteiger partial charge is 0.360 e. The van der Waals surface area contributed by atoms with Crippen molar-refractivity contribution >= 4 is 15.9 Å². The highest BCUT2D eigenvalue weighted by Gasteiger charge is 2.26. The highest BCUT2D eigenvalue weighted by atomic mass is 32.2. The SMILES string of the molecule is CC(=O)N(CCNS(=O)(=O)c1c(C)noc1C)C1CCCCCC1. The van der Waals surface area contributed by atoms with Crippen molar-refractivity contribution in [1.29, 1.82) is 0 Å². The molecule has 1 aliphatic carbocycles. The van der Waals surface area contributed by atoms with Gasteiger partial charge in [0.2, 0.25) is 15.9 Å². The smallest absolute Gasteiger partial charge is 0.246 e. The molecule has 0 atom stereocenters. The molecule has 0 aliphatic heterocycles. The van der Waals surface area contributed by atoms with Gasteiger partial charge in [-0.3, -0.25) is 4.79 Å². The van der Waals surface area contributed by atoms with Gasteiger partial charge in [-0.15, -0.1) is 0 Å². The minimum atomic E-state index is -3.68. The van der Waals surface area contributed by atoms with Gasteiger partial charge in [0, 0.05) is 26.1 Å². The zero-order valence-corrected chi connectivity index (χ0v) is 15.5. The standard InChI is InChI=1S/C16H27N3O4S/c1-12-16(13(2)23-18-12)24(21,22)17-10-11-19(14(3)20)15-8-6-4-5-7-9-15/h15,17H,4-11H2,1-3H3. The Bertz CT molecular complexity index is 641. The van der Waals surface area contributed by atoms with Gasteiger partial charge in [0.15, 0.2) is 5.76 Å². The van der Waals surface area contributed by atoms with Gasteiger partial charge in [-0.25, -0.2) is 13.1 Å². The van der Waals surface area contributed by atoms with Crippen LogP contribution in [0.3, 0.4) is 0 Å². The van der Waals surface area contributed by atoms with Gasteiger partial charge in [-0.05, 0) is 26.7 Å². The quantitative estimate of drug-likeness (QED) is 0.788. The number of nitrogens with zero attached hydrogens (tertiary/aromatic N) is 2. The van der Waals surface area contributed by atoms with Crippen molar-refractivity contribution in [2.75, 3.05) is 13.1 Å². The van der Waals surface area contributed by atoms with Crippen LogP contribution in [0.1, 0.15) is 56.9 Å². The third-order valence-corrected chi connectivity index (χ3v) is 6.26. The number of carbonyl (C=O) groups is 1. The van der Waals surface area contributed by atoms with Crippen molar-refractivity contribution in [3.63, 3.8) is 0 Å². The van der Waals surface area contributed by atoms with E-state index >= 15 is 0 Å². The number of hydrogen-bond acceptors (Lipinski definition) is 5. The van der Waals surface area contributed by atoms with Crippen LogP contribution >= 0.6 is 0 Å². The summed E-state index contributed by atoms with van der Waals surface area (Å²) in [7, 11) is -3.68. The van der Waals surface area contributed by atoms with Gasteiger partial charge in [0.05, 0.1) is 0 Å². The summed E-state index contributed by atoms with van der Waals surface area (Å²) in [6, 6.07) is 0.216. The average Bonchev–Trinajstić information content (AvgIpc) is 2.72. The summed E-state index contributed by atoms with van der Waals surface area (Å²) in [5, 5.41) is 3.68. The Balaban J connectivity index is 1.98. The van der Waals surface area contributed by atoms with Crippen molar-refractivity contribution in [2.24, 2.45) is 0 Å². The monoisotopic (exact) mass is 357 g/mol. The summed E-state index contributed by atoms with van der Waals surface area (Å²) >= 11 is 0. The highest BCUT2D eigenvalue weighted by Crippen LogP contribution is 2.22. The molecule has 1 aromatic rings. The molecule has 2 rings (SSSR count). The lowest BCUT2D eigenvalue weighted by molar-refractivity contribution is -0.131. The lowest BCUT2D eigenvalue weighted by atomic mass is 10.1. The molecule has 1 aromatic heterocycles. The minimum absolute atomic E-state index is 0.00145. The molecule has 7 nitrogen and oxygen atoms in total. The topological polar surface area (TPSA) is 92.5 Å². The van der Waals surface area contributed by atoms with Crippen molar-refractivity contribution in [3.05, 3.63) is 11.5 Å². The lowest BCUT2D eigenvalue weighted by Gasteiger charge is -2.30.